The SMILES string of the molecule is CCc1nc(SCC(=O)c2cc(C)n(CCOC)c2C)n[nH]1. The van der Waals surface area contributed by atoms with Gasteiger partial charge in [-0.3, -0.25) is 9.89 Å². The fraction of sp³-hybridized carbons (Fsp3) is 0.533. The number of methoxy groups -OCH3 is 1. The van der Waals surface area contributed by atoms with Gasteiger partial charge < -0.3 is 9.30 Å². The van der Waals surface area contributed by atoms with Gasteiger partial charge in [-0.25, -0.2) is 4.98 Å². The summed E-state index contributed by atoms with van der Waals surface area (Å²) in [6, 6.07) is 1.95. The molecule has 0 saturated carbocycles. The number of aromatic amines is 1. The lowest BCUT2D eigenvalue weighted by Gasteiger charge is -2.08. The molecular formula is C15H22N4O2S. The number of aromatic nitrogens is 4. The van der Waals surface area contributed by atoms with Crippen LogP contribution in [-0.2, 0) is 17.7 Å². The van der Waals surface area contributed by atoms with Gasteiger partial charge in [0.05, 0.1) is 12.4 Å². The predicted molar refractivity (Wildman–Crippen MR) is 86.6 cm³/mol. The number of nitrogens with one attached hydrogen (secondary N) is 1. The number of carbonyl (C=O) groups excluding carboxylic acids is 1. The largest absolute Gasteiger partial charge is 0.383 e. The van der Waals surface area contributed by atoms with Crippen LogP contribution in [0.5, 0.6) is 0 Å². The van der Waals surface area contributed by atoms with Crippen molar-refractivity contribution in [3.05, 3.63) is 28.8 Å². The van der Waals surface area contributed by atoms with Gasteiger partial charge in [0.25, 0.3) is 0 Å². The van der Waals surface area contributed by atoms with Crippen molar-refractivity contribution in [3.8, 4) is 0 Å². The zero-order chi connectivity index (χ0) is 16.1. The highest BCUT2D eigenvalue weighted by Crippen LogP contribution is 2.20. The van der Waals surface area contributed by atoms with E-state index in [-0.39, 0.29) is 5.78 Å². The summed E-state index contributed by atoms with van der Waals surface area (Å²) < 4.78 is 7.23. The highest BCUT2D eigenvalue weighted by molar-refractivity contribution is 7.99. The van der Waals surface area contributed by atoms with Crippen molar-refractivity contribution in [1.82, 2.24) is 19.7 Å². The van der Waals surface area contributed by atoms with Gasteiger partial charge in [-0.05, 0) is 19.9 Å². The minimum Gasteiger partial charge on any atom is -0.383 e. The second kappa shape index (κ2) is 7.60. The molecule has 0 aliphatic carbocycles. The first-order chi connectivity index (χ1) is 10.6. The number of thioether (sulfide) groups is 1. The topological polar surface area (TPSA) is 72.8 Å². The lowest BCUT2D eigenvalue weighted by atomic mass is 10.2. The number of carbonyl (C=O) groups is 1. The molecule has 0 bridgehead atoms. The number of hydrogen-bond acceptors (Lipinski definition) is 5. The molecule has 0 aliphatic heterocycles. The zero-order valence-corrected chi connectivity index (χ0v) is 14.3. The van der Waals surface area contributed by atoms with Crippen LogP contribution in [0.1, 0.15) is 34.5 Å². The highest BCUT2D eigenvalue weighted by atomic mass is 32.2. The van der Waals surface area contributed by atoms with E-state index in [1.807, 2.05) is 26.8 Å². The van der Waals surface area contributed by atoms with E-state index in [0.29, 0.717) is 17.5 Å². The van der Waals surface area contributed by atoms with Crippen molar-refractivity contribution < 1.29 is 9.53 Å². The van der Waals surface area contributed by atoms with Gasteiger partial charge in [-0.15, -0.1) is 5.10 Å². The molecule has 120 valence electrons. The molecule has 0 saturated heterocycles. The Labute approximate surface area is 134 Å². The Hall–Kier alpha value is -1.60. The second-order valence-corrected chi connectivity index (χ2v) is 6.00. The minimum absolute atomic E-state index is 0.101. The normalized spacial score (nSPS) is 11.1. The fourth-order valence-corrected chi connectivity index (χ4v) is 3.02. The van der Waals surface area contributed by atoms with E-state index >= 15 is 0 Å². The molecule has 0 atom stereocenters. The number of hydrogen-bond donors (Lipinski definition) is 1. The summed E-state index contributed by atoms with van der Waals surface area (Å²) in [5.41, 5.74) is 2.84. The molecule has 0 aromatic carbocycles. The number of aryl methyl sites for hydroxylation is 2. The summed E-state index contributed by atoms with van der Waals surface area (Å²) in [5, 5.41) is 7.57. The molecule has 0 amide bonds. The van der Waals surface area contributed by atoms with Crippen LogP contribution in [0.4, 0.5) is 0 Å². The maximum atomic E-state index is 12.4. The Morgan fingerprint density at radius 3 is 2.86 bits per heavy atom. The molecule has 0 aliphatic rings. The molecule has 0 unspecified atom stereocenters. The molecule has 0 fully saturated rings. The van der Waals surface area contributed by atoms with Gasteiger partial charge in [0.1, 0.15) is 5.82 Å². The maximum absolute atomic E-state index is 12.4. The average Bonchev–Trinajstić information content (AvgIpc) is 3.08. The van der Waals surface area contributed by atoms with E-state index in [0.717, 1.165) is 35.7 Å². The first kappa shape index (κ1) is 16.8. The van der Waals surface area contributed by atoms with Crippen LogP contribution in [0.25, 0.3) is 0 Å². The van der Waals surface area contributed by atoms with Gasteiger partial charge in [0, 0.05) is 37.0 Å². The molecule has 22 heavy (non-hydrogen) atoms. The summed E-state index contributed by atoms with van der Waals surface area (Å²) in [7, 11) is 1.68. The van der Waals surface area contributed by atoms with Gasteiger partial charge >= 0.3 is 0 Å². The lowest BCUT2D eigenvalue weighted by molar-refractivity contribution is 0.102. The van der Waals surface area contributed by atoms with Crippen molar-refractivity contribution in [1.29, 1.82) is 0 Å². The van der Waals surface area contributed by atoms with Crippen molar-refractivity contribution in [3.63, 3.8) is 0 Å². The predicted octanol–water partition coefficient (Wildman–Crippen LogP) is 2.41. The van der Waals surface area contributed by atoms with Crippen LogP contribution >= 0.6 is 11.8 Å². The average molecular weight is 322 g/mol. The van der Waals surface area contributed by atoms with Crippen LogP contribution in [0.2, 0.25) is 0 Å². The molecular weight excluding hydrogens is 300 g/mol. The van der Waals surface area contributed by atoms with Gasteiger partial charge in [0.2, 0.25) is 5.16 Å². The molecule has 7 heteroatoms. The van der Waals surface area contributed by atoms with E-state index in [1.165, 1.54) is 11.8 Å². The summed E-state index contributed by atoms with van der Waals surface area (Å²) in [6.45, 7) is 7.39. The van der Waals surface area contributed by atoms with Crippen molar-refractivity contribution in [2.24, 2.45) is 0 Å². The Balaban J connectivity index is 2.03. The quantitative estimate of drug-likeness (QED) is 0.597. The van der Waals surface area contributed by atoms with Crippen LogP contribution in [0.15, 0.2) is 11.2 Å². The molecule has 2 heterocycles. The standard InChI is InChI=1S/C15H22N4O2S/c1-5-14-16-15(18-17-14)22-9-13(20)12-8-10(2)19(11(12)3)6-7-21-4/h8H,5-7,9H2,1-4H3,(H,16,17,18). The van der Waals surface area contributed by atoms with Gasteiger partial charge in [-0.1, -0.05) is 18.7 Å². The second-order valence-electron chi connectivity index (χ2n) is 5.06. The van der Waals surface area contributed by atoms with Crippen LogP contribution in [0, 0.1) is 13.8 Å². The number of nitrogens with zero attached hydrogens (tertiary/aromatic N) is 3. The number of ether oxygens (including phenoxy) is 1. The van der Waals surface area contributed by atoms with E-state index < -0.39 is 0 Å². The smallest absolute Gasteiger partial charge is 0.208 e. The Bertz CT molecular complexity index is 648. The minimum atomic E-state index is 0.101. The molecule has 0 spiro atoms. The summed E-state index contributed by atoms with van der Waals surface area (Å²) >= 11 is 1.36. The van der Waals surface area contributed by atoms with Gasteiger partial charge in [-0.2, -0.15) is 0 Å². The first-order valence-electron chi connectivity index (χ1n) is 7.29. The number of rotatable bonds is 8. The molecule has 2 aromatic heterocycles. The summed E-state index contributed by atoms with van der Waals surface area (Å²) in [4.78, 5) is 16.7. The number of ketones is 1. The third-order valence-electron chi connectivity index (χ3n) is 3.57. The van der Waals surface area contributed by atoms with Crippen molar-refractivity contribution in [2.75, 3.05) is 19.5 Å². The Morgan fingerprint density at radius 1 is 1.45 bits per heavy atom. The molecule has 0 radical (unpaired) electrons. The van der Waals surface area contributed by atoms with Crippen LogP contribution in [-0.4, -0.2) is 45.0 Å². The van der Waals surface area contributed by atoms with Gasteiger partial charge in [0.15, 0.2) is 5.78 Å². The Morgan fingerprint density at radius 2 is 2.23 bits per heavy atom. The van der Waals surface area contributed by atoms with E-state index in [2.05, 4.69) is 19.7 Å². The zero-order valence-electron chi connectivity index (χ0n) is 13.5. The number of H-pyrrole nitrogens is 1. The van der Waals surface area contributed by atoms with Crippen LogP contribution in [0.3, 0.4) is 0 Å². The third-order valence-corrected chi connectivity index (χ3v) is 4.42. The molecule has 2 rings (SSSR count). The first-order valence-corrected chi connectivity index (χ1v) is 8.28. The monoisotopic (exact) mass is 322 g/mol. The third kappa shape index (κ3) is 3.78. The fourth-order valence-electron chi connectivity index (χ4n) is 2.32. The lowest BCUT2D eigenvalue weighted by Crippen LogP contribution is -2.09. The van der Waals surface area contributed by atoms with E-state index in [9.17, 15) is 4.79 Å². The summed E-state index contributed by atoms with van der Waals surface area (Å²) in [5.74, 6) is 1.28. The van der Waals surface area contributed by atoms with E-state index in [4.69, 9.17) is 4.74 Å². The summed E-state index contributed by atoms with van der Waals surface area (Å²) in [6.07, 6.45) is 0.808. The van der Waals surface area contributed by atoms with Crippen molar-refractivity contribution in [2.45, 2.75) is 38.9 Å². The van der Waals surface area contributed by atoms with Crippen molar-refractivity contribution >= 4 is 17.5 Å². The Kier molecular flexibility index (Phi) is 5.79. The highest BCUT2D eigenvalue weighted by Gasteiger charge is 2.16. The molecule has 1 N–H and O–H groups in total. The number of Topliss-reactive ketones (excluding diaryl/α,β-unsaturated/α-hetero) is 1. The molecule has 6 nitrogen and oxygen atoms in total. The molecule has 2 aromatic rings. The van der Waals surface area contributed by atoms with E-state index in [1.54, 1.807) is 7.11 Å². The maximum Gasteiger partial charge on any atom is 0.208 e. The van der Waals surface area contributed by atoms with Crippen LogP contribution < -0.4 is 0 Å².